The van der Waals surface area contributed by atoms with Gasteiger partial charge in [-0.1, -0.05) is 38.0 Å². The Balaban J connectivity index is 2.08. The summed E-state index contributed by atoms with van der Waals surface area (Å²) >= 11 is 0. The van der Waals surface area contributed by atoms with Gasteiger partial charge in [-0.3, -0.25) is 0 Å². The molecule has 0 radical (unpaired) electrons. The highest BCUT2D eigenvalue weighted by atomic mass is 32.2. The molecule has 1 aliphatic heterocycles. The van der Waals surface area contributed by atoms with Crippen LogP contribution in [0.5, 0.6) is 0 Å². The summed E-state index contributed by atoms with van der Waals surface area (Å²) in [5, 5.41) is 4.62. The van der Waals surface area contributed by atoms with Gasteiger partial charge in [0.2, 0.25) is 0 Å². The first kappa shape index (κ1) is 15.2. The minimum Gasteiger partial charge on any atom is -0.303 e. The van der Waals surface area contributed by atoms with Crippen molar-refractivity contribution in [3.8, 4) is 0 Å². The van der Waals surface area contributed by atoms with Gasteiger partial charge >= 0.3 is 0 Å². The standard InChI is InChI=1S/C15H20FNO2S/c1-2-3-4-15(12-5-7-13(16)8-6-12)17-14-9-10-20(18,19)11-14/h5-10,14-15,17H,2-4,11H2,1H3. The lowest BCUT2D eigenvalue weighted by Gasteiger charge is -2.22. The number of sulfone groups is 1. The first-order chi connectivity index (χ1) is 9.50. The van der Waals surface area contributed by atoms with E-state index in [-0.39, 0.29) is 23.7 Å². The molecule has 5 heteroatoms. The third-order valence-electron chi connectivity index (χ3n) is 3.46. The average Bonchev–Trinajstić information content (AvgIpc) is 2.75. The molecule has 1 aliphatic rings. The summed E-state index contributed by atoms with van der Waals surface area (Å²) in [7, 11) is -3.05. The summed E-state index contributed by atoms with van der Waals surface area (Å²) in [6.07, 6.45) is 4.71. The van der Waals surface area contributed by atoms with E-state index in [0.717, 1.165) is 24.8 Å². The number of hydrogen-bond acceptors (Lipinski definition) is 3. The molecule has 2 rings (SSSR count). The Hall–Kier alpha value is -1.20. The van der Waals surface area contributed by atoms with Crippen molar-refractivity contribution in [2.45, 2.75) is 38.3 Å². The summed E-state index contributed by atoms with van der Waals surface area (Å²) in [5.74, 6) is -0.150. The molecule has 0 aliphatic carbocycles. The van der Waals surface area contributed by atoms with E-state index in [9.17, 15) is 12.8 Å². The highest BCUT2D eigenvalue weighted by Crippen LogP contribution is 2.22. The van der Waals surface area contributed by atoms with E-state index in [1.807, 2.05) is 0 Å². The Kier molecular flexibility index (Phi) is 4.94. The normalized spacial score (nSPS) is 22.0. The molecule has 0 spiro atoms. The van der Waals surface area contributed by atoms with E-state index < -0.39 is 9.84 Å². The molecular formula is C15H20FNO2S. The van der Waals surface area contributed by atoms with Crippen molar-refractivity contribution in [1.29, 1.82) is 0 Å². The highest BCUT2D eigenvalue weighted by molar-refractivity contribution is 7.94. The van der Waals surface area contributed by atoms with E-state index in [4.69, 9.17) is 0 Å². The van der Waals surface area contributed by atoms with Crippen molar-refractivity contribution in [3.63, 3.8) is 0 Å². The fourth-order valence-corrected chi connectivity index (χ4v) is 3.64. The van der Waals surface area contributed by atoms with Gasteiger partial charge in [0.25, 0.3) is 0 Å². The topological polar surface area (TPSA) is 46.2 Å². The van der Waals surface area contributed by atoms with Crippen LogP contribution in [0.25, 0.3) is 0 Å². The van der Waals surface area contributed by atoms with Crippen LogP contribution in [0.3, 0.4) is 0 Å². The van der Waals surface area contributed by atoms with E-state index >= 15 is 0 Å². The lowest BCUT2D eigenvalue weighted by Crippen LogP contribution is -2.33. The van der Waals surface area contributed by atoms with Gasteiger partial charge in [-0.05, 0) is 24.1 Å². The number of hydrogen-bond donors (Lipinski definition) is 1. The van der Waals surface area contributed by atoms with E-state index in [1.54, 1.807) is 18.2 Å². The lowest BCUT2D eigenvalue weighted by molar-refractivity contribution is 0.460. The van der Waals surface area contributed by atoms with Crippen LogP contribution in [0.15, 0.2) is 35.7 Å². The van der Waals surface area contributed by atoms with E-state index in [0.29, 0.717) is 0 Å². The minimum atomic E-state index is -3.05. The molecule has 0 bridgehead atoms. The molecule has 20 heavy (non-hydrogen) atoms. The Bertz CT molecular complexity index is 566. The molecule has 0 saturated heterocycles. The van der Waals surface area contributed by atoms with Crippen molar-refractivity contribution in [2.24, 2.45) is 0 Å². The number of nitrogens with one attached hydrogen (secondary N) is 1. The van der Waals surface area contributed by atoms with Crippen LogP contribution in [0, 0.1) is 5.82 Å². The van der Waals surface area contributed by atoms with Crippen LogP contribution < -0.4 is 5.32 Å². The fraction of sp³-hybridized carbons (Fsp3) is 0.467. The SMILES string of the molecule is CCCCC(NC1C=CS(=O)(=O)C1)c1ccc(F)cc1. The highest BCUT2D eigenvalue weighted by Gasteiger charge is 2.24. The molecule has 0 saturated carbocycles. The van der Waals surface area contributed by atoms with Crippen LogP contribution in [-0.2, 0) is 9.84 Å². The molecule has 2 unspecified atom stereocenters. The summed E-state index contributed by atoms with van der Waals surface area (Å²) in [6, 6.07) is 6.30. The molecule has 0 aromatic heterocycles. The summed E-state index contributed by atoms with van der Waals surface area (Å²) in [4.78, 5) is 0. The molecule has 3 nitrogen and oxygen atoms in total. The number of unbranched alkanes of at least 4 members (excludes halogenated alkanes) is 1. The van der Waals surface area contributed by atoms with Crippen LogP contribution in [-0.4, -0.2) is 20.2 Å². The zero-order valence-electron chi connectivity index (χ0n) is 11.5. The number of benzene rings is 1. The molecule has 1 aromatic rings. The fourth-order valence-electron chi connectivity index (χ4n) is 2.39. The van der Waals surface area contributed by atoms with Crippen LogP contribution >= 0.6 is 0 Å². The first-order valence-corrected chi connectivity index (χ1v) is 8.64. The minimum absolute atomic E-state index is 0.0542. The van der Waals surface area contributed by atoms with Crippen LogP contribution in [0.4, 0.5) is 4.39 Å². The van der Waals surface area contributed by atoms with Gasteiger partial charge in [-0.2, -0.15) is 0 Å². The Morgan fingerprint density at radius 1 is 1.35 bits per heavy atom. The third kappa shape index (κ3) is 4.15. The number of rotatable bonds is 6. The van der Waals surface area contributed by atoms with Crippen LogP contribution in [0.1, 0.15) is 37.8 Å². The summed E-state index contributed by atoms with van der Waals surface area (Å²) in [5.41, 5.74) is 0.998. The van der Waals surface area contributed by atoms with Crippen molar-refractivity contribution < 1.29 is 12.8 Å². The molecular weight excluding hydrogens is 277 g/mol. The summed E-state index contributed by atoms with van der Waals surface area (Å²) in [6.45, 7) is 2.11. The second kappa shape index (κ2) is 6.50. The predicted molar refractivity (Wildman–Crippen MR) is 78.5 cm³/mol. The molecule has 2 atom stereocenters. The Morgan fingerprint density at radius 2 is 2.05 bits per heavy atom. The van der Waals surface area contributed by atoms with Gasteiger partial charge in [-0.15, -0.1) is 0 Å². The van der Waals surface area contributed by atoms with E-state index in [2.05, 4.69) is 12.2 Å². The van der Waals surface area contributed by atoms with Crippen LogP contribution in [0.2, 0.25) is 0 Å². The van der Waals surface area contributed by atoms with Gasteiger partial charge in [0.15, 0.2) is 9.84 Å². The maximum absolute atomic E-state index is 13.0. The third-order valence-corrected chi connectivity index (χ3v) is 4.86. The zero-order chi connectivity index (χ0) is 14.6. The smallest absolute Gasteiger partial charge is 0.173 e. The van der Waals surface area contributed by atoms with Gasteiger partial charge < -0.3 is 5.32 Å². The molecule has 0 amide bonds. The van der Waals surface area contributed by atoms with Crippen molar-refractivity contribution in [3.05, 3.63) is 47.1 Å². The summed E-state index contributed by atoms with van der Waals surface area (Å²) < 4.78 is 35.9. The lowest BCUT2D eigenvalue weighted by atomic mass is 10.00. The Labute approximate surface area is 119 Å². The van der Waals surface area contributed by atoms with Gasteiger partial charge in [0.05, 0.1) is 5.75 Å². The maximum Gasteiger partial charge on any atom is 0.173 e. The monoisotopic (exact) mass is 297 g/mol. The van der Waals surface area contributed by atoms with Crippen molar-refractivity contribution in [1.82, 2.24) is 5.32 Å². The Morgan fingerprint density at radius 3 is 2.60 bits per heavy atom. The van der Waals surface area contributed by atoms with Gasteiger partial charge in [0.1, 0.15) is 5.82 Å². The average molecular weight is 297 g/mol. The predicted octanol–water partition coefficient (Wildman–Crippen LogP) is 2.96. The quantitative estimate of drug-likeness (QED) is 0.878. The van der Waals surface area contributed by atoms with Crippen molar-refractivity contribution >= 4 is 9.84 Å². The van der Waals surface area contributed by atoms with Crippen molar-refractivity contribution in [2.75, 3.05) is 5.75 Å². The molecule has 1 heterocycles. The van der Waals surface area contributed by atoms with E-state index in [1.165, 1.54) is 17.5 Å². The zero-order valence-corrected chi connectivity index (χ0v) is 12.4. The molecule has 1 N–H and O–H groups in total. The van der Waals surface area contributed by atoms with Gasteiger partial charge in [-0.25, -0.2) is 12.8 Å². The molecule has 1 aromatic carbocycles. The number of halogens is 1. The molecule has 0 fully saturated rings. The second-order valence-electron chi connectivity index (χ2n) is 5.18. The first-order valence-electron chi connectivity index (χ1n) is 6.92. The largest absolute Gasteiger partial charge is 0.303 e. The maximum atomic E-state index is 13.0. The molecule has 110 valence electrons. The second-order valence-corrected chi connectivity index (χ2v) is 7.11. The van der Waals surface area contributed by atoms with Gasteiger partial charge in [0, 0.05) is 17.5 Å².